The van der Waals surface area contributed by atoms with Crippen LogP contribution in [0.15, 0.2) is 83.0 Å². The zero-order chi connectivity index (χ0) is 25.2. The van der Waals surface area contributed by atoms with E-state index in [2.05, 4.69) is 41.7 Å². The third-order valence-electron chi connectivity index (χ3n) is 6.71. The van der Waals surface area contributed by atoms with Gasteiger partial charge in [-0.25, -0.2) is 4.79 Å². The van der Waals surface area contributed by atoms with E-state index >= 15 is 0 Å². The van der Waals surface area contributed by atoms with Crippen molar-refractivity contribution in [3.63, 3.8) is 0 Å². The number of rotatable bonds is 6. The molecule has 2 amide bonds. The van der Waals surface area contributed by atoms with Crippen molar-refractivity contribution in [1.82, 2.24) is 20.4 Å². The Hall–Kier alpha value is -4.19. The number of nitrogens with one attached hydrogen (secondary N) is 1. The first-order valence-electron chi connectivity index (χ1n) is 12.3. The molecule has 36 heavy (non-hydrogen) atoms. The summed E-state index contributed by atoms with van der Waals surface area (Å²) in [5.41, 5.74) is 8.05. The van der Waals surface area contributed by atoms with Crippen molar-refractivity contribution in [3.05, 3.63) is 112 Å². The first-order chi connectivity index (χ1) is 17.4. The molecule has 0 fully saturated rings. The summed E-state index contributed by atoms with van der Waals surface area (Å²) in [4.78, 5) is 19.8. The Labute approximate surface area is 211 Å². The molecule has 0 saturated carbocycles. The summed E-state index contributed by atoms with van der Waals surface area (Å²) < 4.78 is 5.81. The first kappa shape index (κ1) is 23.5. The van der Waals surface area contributed by atoms with E-state index in [0.29, 0.717) is 18.3 Å². The normalized spacial score (nSPS) is 15.8. The number of hydrogen-bond acceptors (Lipinski definition) is 4. The van der Waals surface area contributed by atoms with Crippen molar-refractivity contribution in [2.24, 2.45) is 0 Å². The number of amides is 2. The number of aryl methyl sites for hydroxylation is 3. The molecule has 1 unspecified atom stereocenters. The van der Waals surface area contributed by atoms with E-state index in [1.54, 1.807) is 4.90 Å². The van der Waals surface area contributed by atoms with E-state index in [-0.39, 0.29) is 6.03 Å². The lowest BCUT2D eigenvalue weighted by Crippen LogP contribution is -2.45. The van der Waals surface area contributed by atoms with Gasteiger partial charge in [-0.3, -0.25) is 4.90 Å². The van der Waals surface area contributed by atoms with Gasteiger partial charge in [0.05, 0.1) is 18.2 Å². The van der Waals surface area contributed by atoms with Crippen LogP contribution in [0, 0.1) is 13.8 Å². The SMILES string of the molecule is CCc1ccc(CN2C(=O)NC(c3ccc(C)cc3)C(c3nc(-c4cccc(C)c4)no3)=C2C)cc1. The van der Waals surface area contributed by atoms with Crippen molar-refractivity contribution in [2.45, 2.75) is 46.7 Å². The standard InChI is InChI=1S/C30H30N4O2/c1-5-22-11-13-23(14-12-22)18-34-21(4)26(27(31-30(34)35)24-15-9-19(2)10-16-24)29-32-28(33-36-29)25-8-6-7-20(3)17-25/h6-17,27H,5,18H2,1-4H3,(H,31,35). The monoisotopic (exact) mass is 478 g/mol. The van der Waals surface area contributed by atoms with Gasteiger partial charge in [0.25, 0.3) is 5.89 Å². The molecule has 0 radical (unpaired) electrons. The molecule has 6 heteroatoms. The van der Waals surface area contributed by atoms with Gasteiger partial charge in [-0.15, -0.1) is 0 Å². The summed E-state index contributed by atoms with van der Waals surface area (Å²) >= 11 is 0. The summed E-state index contributed by atoms with van der Waals surface area (Å²) in [5.74, 6) is 0.927. The van der Waals surface area contributed by atoms with Crippen LogP contribution in [0.3, 0.4) is 0 Å². The van der Waals surface area contributed by atoms with Crippen LogP contribution < -0.4 is 5.32 Å². The van der Waals surface area contributed by atoms with Crippen LogP contribution in [0.5, 0.6) is 0 Å². The van der Waals surface area contributed by atoms with Crippen molar-refractivity contribution in [2.75, 3.05) is 0 Å². The van der Waals surface area contributed by atoms with E-state index in [1.807, 2.05) is 69.3 Å². The fourth-order valence-corrected chi connectivity index (χ4v) is 4.55. The van der Waals surface area contributed by atoms with Crippen LogP contribution in [0.25, 0.3) is 17.0 Å². The van der Waals surface area contributed by atoms with Gasteiger partial charge in [0.15, 0.2) is 0 Å². The Morgan fingerprint density at radius 3 is 2.33 bits per heavy atom. The summed E-state index contributed by atoms with van der Waals surface area (Å²) in [7, 11) is 0. The lowest BCUT2D eigenvalue weighted by atomic mass is 9.94. The first-order valence-corrected chi connectivity index (χ1v) is 12.3. The van der Waals surface area contributed by atoms with E-state index in [4.69, 9.17) is 9.51 Å². The van der Waals surface area contributed by atoms with E-state index < -0.39 is 6.04 Å². The van der Waals surface area contributed by atoms with Gasteiger partial charge in [0.2, 0.25) is 5.82 Å². The van der Waals surface area contributed by atoms with E-state index in [0.717, 1.165) is 45.5 Å². The molecule has 1 atom stereocenters. The van der Waals surface area contributed by atoms with Gasteiger partial charge in [0, 0.05) is 11.3 Å². The average molecular weight is 479 g/mol. The highest BCUT2D eigenvalue weighted by molar-refractivity contribution is 5.86. The minimum Gasteiger partial charge on any atom is -0.334 e. The molecule has 0 aliphatic carbocycles. The number of nitrogens with zero attached hydrogens (tertiary/aromatic N) is 3. The smallest absolute Gasteiger partial charge is 0.322 e. The fourth-order valence-electron chi connectivity index (χ4n) is 4.55. The Kier molecular flexibility index (Phi) is 6.42. The molecule has 0 saturated heterocycles. The van der Waals surface area contributed by atoms with Crippen LogP contribution in [-0.4, -0.2) is 21.1 Å². The van der Waals surface area contributed by atoms with Gasteiger partial charge < -0.3 is 9.84 Å². The summed E-state index contributed by atoms with van der Waals surface area (Å²) in [6.45, 7) is 8.61. The number of aromatic nitrogens is 2. The van der Waals surface area contributed by atoms with Crippen molar-refractivity contribution in [1.29, 1.82) is 0 Å². The number of urea groups is 1. The van der Waals surface area contributed by atoms with Crippen LogP contribution in [-0.2, 0) is 13.0 Å². The molecule has 2 heterocycles. The molecule has 5 rings (SSSR count). The quantitative estimate of drug-likeness (QED) is 0.338. The molecule has 3 aromatic carbocycles. The van der Waals surface area contributed by atoms with Gasteiger partial charge >= 0.3 is 6.03 Å². The van der Waals surface area contributed by atoms with Gasteiger partial charge in [-0.1, -0.05) is 89.9 Å². The molecule has 1 aliphatic heterocycles. The highest BCUT2D eigenvalue weighted by Crippen LogP contribution is 2.38. The Bertz CT molecular complexity index is 1420. The molecule has 0 bridgehead atoms. The average Bonchev–Trinajstić information content (AvgIpc) is 3.37. The molecule has 182 valence electrons. The molecular weight excluding hydrogens is 448 g/mol. The minimum atomic E-state index is -0.400. The maximum Gasteiger partial charge on any atom is 0.322 e. The number of allylic oxidation sites excluding steroid dienone is 1. The highest BCUT2D eigenvalue weighted by Gasteiger charge is 2.35. The predicted octanol–water partition coefficient (Wildman–Crippen LogP) is 6.61. The summed E-state index contributed by atoms with van der Waals surface area (Å²) in [6.07, 6.45) is 0.978. The van der Waals surface area contributed by atoms with E-state index in [1.165, 1.54) is 5.56 Å². The molecule has 6 nitrogen and oxygen atoms in total. The third-order valence-corrected chi connectivity index (χ3v) is 6.71. The van der Waals surface area contributed by atoms with Crippen LogP contribution in [0.1, 0.15) is 53.6 Å². The third kappa shape index (κ3) is 4.67. The second-order valence-corrected chi connectivity index (χ2v) is 9.34. The molecule has 0 spiro atoms. The second-order valence-electron chi connectivity index (χ2n) is 9.34. The number of carbonyl (C=O) groups is 1. The van der Waals surface area contributed by atoms with Crippen LogP contribution in [0.2, 0.25) is 0 Å². The highest BCUT2D eigenvalue weighted by atomic mass is 16.5. The largest absolute Gasteiger partial charge is 0.334 e. The zero-order valence-electron chi connectivity index (χ0n) is 21.1. The molecule has 1 aliphatic rings. The molecular formula is C30H30N4O2. The summed E-state index contributed by atoms with van der Waals surface area (Å²) in [6, 6.07) is 24.0. The van der Waals surface area contributed by atoms with Crippen molar-refractivity contribution >= 4 is 11.6 Å². The van der Waals surface area contributed by atoms with Crippen molar-refractivity contribution < 1.29 is 9.32 Å². The fraction of sp³-hybridized carbons (Fsp3) is 0.233. The molecule has 1 N–H and O–H groups in total. The molecule has 1 aromatic heterocycles. The number of hydrogen-bond donors (Lipinski definition) is 1. The maximum absolute atomic E-state index is 13.3. The second kappa shape index (κ2) is 9.82. The van der Waals surface area contributed by atoms with Crippen LogP contribution >= 0.6 is 0 Å². The Morgan fingerprint density at radius 2 is 1.64 bits per heavy atom. The van der Waals surface area contributed by atoms with Gasteiger partial charge in [-0.2, -0.15) is 4.98 Å². The summed E-state index contributed by atoms with van der Waals surface area (Å²) in [5, 5.41) is 7.46. The van der Waals surface area contributed by atoms with E-state index in [9.17, 15) is 4.79 Å². The van der Waals surface area contributed by atoms with Crippen LogP contribution in [0.4, 0.5) is 4.79 Å². The molecule has 4 aromatic rings. The predicted molar refractivity (Wildman–Crippen MR) is 141 cm³/mol. The maximum atomic E-state index is 13.3. The Morgan fingerprint density at radius 1 is 0.917 bits per heavy atom. The van der Waals surface area contributed by atoms with Gasteiger partial charge in [0.1, 0.15) is 0 Å². The lowest BCUT2D eigenvalue weighted by Gasteiger charge is -2.35. The number of carbonyl (C=O) groups excluding carboxylic acids is 1. The number of benzene rings is 3. The Balaban J connectivity index is 1.57. The van der Waals surface area contributed by atoms with Gasteiger partial charge in [-0.05, 0) is 49.9 Å². The lowest BCUT2D eigenvalue weighted by molar-refractivity contribution is 0.203. The zero-order valence-corrected chi connectivity index (χ0v) is 21.1. The minimum absolute atomic E-state index is 0.153. The topological polar surface area (TPSA) is 71.3 Å². The van der Waals surface area contributed by atoms with Crippen molar-refractivity contribution in [3.8, 4) is 11.4 Å².